The topological polar surface area (TPSA) is 20.2 Å². The molecule has 2 aliphatic carbocycles. The van der Waals surface area contributed by atoms with Crippen molar-refractivity contribution in [2.24, 2.45) is 22.7 Å². The van der Waals surface area contributed by atoms with Crippen molar-refractivity contribution in [1.82, 2.24) is 0 Å². The largest absolute Gasteiger partial charge is 0.390 e. The molecule has 2 rings (SSSR count). The number of aliphatic hydroxyl groups is 1. The molecule has 0 heterocycles. The second-order valence-corrected chi connectivity index (χ2v) is 9.02. The van der Waals surface area contributed by atoms with Crippen LogP contribution in [0.15, 0.2) is 11.6 Å². The first-order valence-electron chi connectivity index (χ1n) is 8.98. The zero-order valence-electron chi connectivity index (χ0n) is 15.1. The van der Waals surface area contributed by atoms with Gasteiger partial charge in [-0.3, -0.25) is 0 Å². The lowest BCUT2D eigenvalue weighted by Crippen LogP contribution is -2.57. The zero-order valence-corrected chi connectivity index (χ0v) is 15.1. The average molecular weight is 293 g/mol. The van der Waals surface area contributed by atoms with Crippen molar-refractivity contribution in [3.05, 3.63) is 11.6 Å². The third-order valence-electron chi connectivity index (χ3n) is 7.08. The van der Waals surface area contributed by atoms with Crippen LogP contribution in [0.3, 0.4) is 0 Å². The van der Waals surface area contributed by atoms with E-state index < -0.39 is 5.60 Å². The molecule has 0 amide bonds. The molecule has 2 saturated carbocycles. The molecule has 0 aliphatic heterocycles. The molecule has 0 saturated heterocycles. The number of hydrogen-bond donors (Lipinski definition) is 1. The van der Waals surface area contributed by atoms with Gasteiger partial charge in [0.15, 0.2) is 0 Å². The summed E-state index contributed by atoms with van der Waals surface area (Å²) >= 11 is 0. The van der Waals surface area contributed by atoms with Gasteiger partial charge in [-0.2, -0.15) is 0 Å². The predicted molar refractivity (Wildman–Crippen MR) is 91.2 cm³/mol. The molecular formula is C20H36O. The van der Waals surface area contributed by atoms with Gasteiger partial charge in [0.25, 0.3) is 0 Å². The normalized spacial score (nSPS) is 43.5. The van der Waals surface area contributed by atoms with E-state index >= 15 is 0 Å². The van der Waals surface area contributed by atoms with Crippen molar-refractivity contribution in [2.45, 2.75) is 92.1 Å². The first-order chi connectivity index (χ1) is 9.63. The second-order valence-electron chi connectivity index (χ2n) is 9.02. The summed E-state index contributed by atoms with van der Waals surface area (Å²) in [6.45, 7) is 13.9. The average Bonchev–Trinajstić information content (AvgIpc) is 2.35. The summed E-state index contributed by atoms with van der Waals surface area (Å²) in [5.74, 6) is 1.22. The Labute approximate surface area is 132 Å². The Hall–Kier alpha value is -0.300. The first kappa shape index (κ1) is 17.1. The molecule has 2 fully saturated rings. The van der Waals surface area contributed by atoms with Crippen LogP contribution < -0.4 is 0 Å². The standard InChI is InChI=1S/C20H36O/c1-7-15(2)9-10-17-19(5)13-8-12-18(3,4)16(19)11-14-20(17,6)21/h7,16-17,21H,8-14H2,1-6H3/t16-,17+,19-,20+/m0/s1. The van der Waals surface area contributed by atoms with E-state index in [1.54, 1.807) is 0 Å². The van der Waals surface area contributed by atoms with Crippen LogP contribution in [0.5, 0.6) is 0 Å². The van der Waals surface area contributed by atoms with Crippen LogP contribution in [0.4, 0.5) is 0 Å². The first-order valence-corrected chi connectivity index (χ1v) is 8.98. The van der Waals surface area contributed by atoms with Crippen LogP contribution in [0.25, 0.3) is 0 Å². The minimum atomic E-state index is -0.479. The van der Waals surface area contributed by atoms with Crippen LogP contribution in [-0.4, -0.2) is 10.7 Å². The van der Waals surface area contributed by atoms with Crippen LogP contribution in [0.1, 0.15) is 86.5 Å². The predicted octanol–water partition coefficient (Wildman–Crippen LogP) is 5.73. The van der Waals surface area contributed by atoms with E-state index in [0.717, 1.165) is 25.2 Å². The van der Waals surface area contributed by atoms with E-state index in [9.17, 15) is 5.11 Å². The number of fused-ring (bicyclic) bond motifs is 1. The highest BCUT2D eigenvalue weighted by Crippen LogP contribution is 2.62. The van der Waals surface area contributed by atoms with E-state index in [0.29, 0.717) is 16.7 Å². The summed E-state index contributed by atoms with van der Waals surface area (Å²) < 4.78 is 0. The summed E-state index contributed by atoms with van der Waals surface area (Å²) in [6, 6.07) is 0. The Balaban J connectivity index is 2.28. The summed E-state index contributed by atoms with van der Waals surface area (Å²) in [5.41, 5.74) is 1.74. The molecule has 4 atom stereocenters. The third-order valence-corrected chi connectivity index (χ3v) is 7.08. The highest BCUT2D eigenvalue weighted by Gasteiger charge is 2.57. The fraction of sp³-hybridized carbons (Fsp3) is 0.900. The maximum absolute atomic E-state index is 11.1. The van der Waals surface area contributed by atoms with Crippen molar-refractivity contribution in [2.75, 3.05) is 0 Å². The van der Waals surface area contributed by atoms with Gasteiger partial charge >= 0.3 is 0 Å². The molecule has 1 nitrogen and oxygen atoms in total. The van der Waals surface area contributed by atoms with Gasteiger partial charge in [0, 0.05) is 0 Å². The molecule has 0 aromatic carbocycles. The molecule has 0 radical (unpaired) electrons. The highest BCUT2D eigenvalue weighted by atomic mass is 16.3. The molecule has 2 aliphatic rings. The molecule has 0 spiro atoms. The fourth-order valence-corrected chi connectivity index (χ4v) is 5.78. The molecule has 0 unspecified atom stereocenters. The molecule has 21 heavy (non-hydrogen) atoms. The SMILES string of the molecule is CC=C(C)CC[C@@H]1[C@@]2(C)CCCC(C)(C)[C@@H]2CC[C@@]1(C)O. The van der Waals surface area contributed by atoms with E-state index in [1.165, 1.54) is 31.3 Å². The number of rotatable bonds is 3. The van der Waals surface area contributed by atoms with Gasteiger partial charge in [-0.25, -0.2) is 0 Å². The Morgan fingerprint density at radius 2 is 1.81 bits per heavy atom. The van der Waals surface area contributed by atoms with E-state index in [-0.39, 0.29) is 0 Å². The van der Waals surface area contributed by atoms with Gasteiger partial charge in [-0.1, -0.05) is 38.8 Å². The Kier molecular flexibility index (Phi) is 4.65. The lowest BCUT2D eigenvalue weighted by atomic mass is 9.45. The van der Waals surface area contributed by atoms with Crippen LogP contribution in [0.2, 0.25) is 0 Å². The molecule has 0 bridgehead atoms. The van der Waals surface area contributed by atoms with Gasteiger partial charge in [-0.15, -0.1) is 0 Å². The van der Waals surface area contributed by atoms with E-state index in [4.69, 9.17) is 0 Å². The van der Waals surface area contributed by atoms with E-state index in [1.807, 2.05) is 0 Å². The maximum atomic E-state index is 11.1. The molecule has 122 valence electrons. The van der Waals surface area contributed by atoms with Crippen LogP contribution in [0, 0.1) is 22.7 Å². The van der Waals surface area contributed by atoms with E-state index in [2.05, 4.69) is 47.6 Å². The molecule has 0 aromatic heterocycles. The highest BCUT2D eigenvalue weighted by molar-refractivity contribution is 5.08. The lowest BCUT2D eigenvalue weighted by Gasteiger charge is -2.61. The van der Waals surface area contributed by atoms with Gasteiger partial charge in [-0.05, 0) is 82.0 Å². The number of hydrogen-bond acceptors (Lipinski definition) is 1. The quantitative estimate of drug-likeness (QED) is 0.659. The smallest absolute Gasteiger partial charge is 0.0653 e. The van der Waals surface area contributed by atoms with Gasteiger partial charge in [0.05, 0.1) is 5.60 Å². The summed E-state index contributed by atoms with van der Waals surface area (Å²) in [5, 5.41) is 11.1. The monoisotopic (exact) mass is 292 g/mol. The Morgan fingerprint density at radius 3 is 2.43 bits per heavy atom. The fourth-order valence-electron chi connectivity index (χ4n) is 5.78. The third kappa shape index (κ3) is 3.09. The van der Waals surface area contributed by atoms with Gasteiger partial charge in [0.1, 0.15) is 0 Å². The van der Waals surface area contributed by atoms with Crippen molar-refractivity contribution >= 4 is 0 Å². The zero-order chi connectivity index (χ0) is 15.9. The molecule has 1 heteroatoms. The van der Waals surface area contributed by atoms with Crippen molar-refractivity contribution < 1.29 is 5.11 Å². The van der Waals surface area contributed by atoms with Crippen LogP contribution >= 0.6 is 0 Å². The number of allylic oxidation sites excluding steroid dienone is 2. The van der Waals surface area contributed by atoms with Gasteiger partial charge < -0.3 is 5.11 Å². The molecule has 1 N–H and O–H groups in total. The van der Waals surface area contributed by atoms with Crippen LogP contribution in [-0.2, 0) is 0 Å². The lowest BCUT2D eigenvalue weighted by molar-refractivity contribution is -0.168. The van der Waals surface area contributed by atoms with Crippen molar-refractivity contribution in [3.8, 4) is 0 Å². The van der Waals surface area contributed by atoms with Crippen molar-refractivity contribution in [3.63, 3.8) is 0 Å². The summed E-state index contributed by atoms with van der Waals surface area (Å²) in [6.07, 6.45) is 10.7. The minimum absolute atomic E-state index is 0.317. The summed E-state index contributed by atoms with van der Waals surface area (Å²) in [7, 11) is 0. The molecule has 0 aromatic rings. The van der Waals surface area contributed by atoms with Gasteiger partial charge in [0.2, 0.25) is 0 Å². The van der Waals surface area contributed by atoms with Crippen molar-refractivity contribution in [1.29, 1.82) is 0 Å². The Morgan fingerprint density at radius 1 is 1.14 bits per heavy atom. The Bertz CT molecular complexity index is 404. The second kappa shape index (κ2) is 5.72. The maximum Gasteiger partial charge on any atom is 0.0653 e. The molecular weight excluding hydrogens is 256 g/mol. The summed E-state index contributed by atoms with van der Waals surface area (Å²) in [4.78, 5) is 0. The minimum Gasteiger partial charge on any atom is -0.390 e.